The molecule has 0 spiro atoms. The van der Waals surface area contributed by atoms with Crippen LogP contribution in [0, 0.1) is 0 Å². The van der Waals surface area contributed by atoms with Crippen LogP contribution in [0.4, 0.5) is 0 Å². The molecule has 0 aromatic heterocycles. The molecule has 0 saturated heterocycles. The predicted octanol–water partition coefficient (Wildman–Crippen LogP) is 4.82. The van der Waals surface area contributed by atoms with E-state index in [-0.39, 0.29) is 28.6 Å². The molecule has 0 aliphatic rings. The quantitative estimate of drug-likeness (QED) is 0.634. The van der Waals surface area contributed by atoms with Crippen molar-refractivity contribution in [3.05, 3.63) is 63.6 Å². The molecule has 5 nitrogen and oxygen atoms in total. The molecule has 27 heavy (non-hydrogen) atoms. The van der Waals surface area contributed by atoms with Crippen LogP contribution in [0.1, 0.15) is 42.2 Å². The van der Waals surface area contributed by atoms with Gasteiger partial charge in [-0.2, -0.15) is 0 Å². The summed E-state index contributed by atoms with van der Waals surface area (Å²) >= 11 is 12.2. The Labute approximate surface area is 168 Å². The van der Waals surface area contributed by atoms with Gasteiger partial charge in [0.2, 0.25) is 0 Å². The molecule has 0 saturated carbocycles. The molecule has 0 heterocycles. The van der Waals surface area contributed by atoms with E-state index in [9.17, 15) is 9.59 Å². The van der Waals surface area contributed by atoms with Crippen LogP contribution in [-0.4, -0.2) is 25.1 Å². The van der Waals surface area contributed by atoms with Crippen molar-refractivity contribution in [2.75, 3.05) is 13.2 Å². The molecule has 1 atom stereocenters. The van der Waals surface area contributed by atoms with Crippen molar-refractivity contribution in [3.63, 3.8) is 0 Å². The van der Waals surface area contributed by atoms with E-state index in [0.717, 1.165) is 5.56 Å². The van der Waals surface area contributed by atoms with E-state index in [1.54, 1.807) is 49.4 Å². The molecule has 1 amide bonds. The number of halogens is 2. The maximum atomic E-state index is 12.7. The fourth-order valence-corrected chi connectivity index (χ4v) is 3.12. The fourth-order valence-electron chi connectivity index (χ4n) is 2.55. The van der Waals surface area contributed by atoms with Gasteiger partial charge in [-0.25, -0.2) is 0 Å². The summed E-state index contributed by atoms with van der Waals surface area (Å²) in [7, 11) is 0. The summed E-state index contributed by atoms with van der Waals surface area (Å²) in [4.78, 5) is 24.7. The summed E-state index contributed by atoms with van der Waals surface area (Å²) in [5.74, 6) is -0.174. The highest BCUT2D eigenvalue weighted by Crippen LogP contribution is 2.26. The molecule has 0 aliphatic heterocycles. The number of carbonyl (C=O) groups excluding carboxylic acids is 2. The van der Waals surface area contributed by atoms with Gasteiger partial charge in [-0.1, -0.05) is 41.4 Å². The Morgan fingerprint density at radius 2 is 1.63 bits per heavy atom. The minimum atomic E-state index is -0.598. The van der Waals surface area contributed by atoms with Crippen molar-refractivity contribution in [1.29, 1.82) is 0 Å². The van der Waals surface area contributed by atoms with Crippen LogP contribution < -0.4 is 10.1 Å². The fraction of sp³-hybridized carbons (Fsp3) is 0.300. The number of hydrogen-bond acceptors (Lipinski definition) is 4. The first-order valence-electron chi connectivity index (χ1n) is 8.59. The van der Waals surface area contributed by atoms with Crippen molar-refractivity contribution in [1.82, 2.24) is 5.32 Å². The number of rotatable bonds is 8. The Hall–Kier alpha value is -2.24. The number of ether oxygens (including phenoxy) is 2. The van der Waals surface area contributed by atoms with Gasteiger partial charge in [-0.15, -0.1) is 0 Å². The van der Waals surface area contributed by atoms with E-state index in [1.807, 2.05) is 6.92 Å². The summed E-state index contributed by atoms with van der Waals surface area (Å²) < 4.78 is 10.5. The molecule has 2 aromatic rings. The standard InChI is InChI=1S/C20H21Cl2NO4/c1-3-26-14-10-8-13(9-11-14)17(12-18(24)27-4-2)23-20(25)19-15(21)6-5-7-16(19)22/h5-11,17H,3-4,12H2,1-2H3,(H,23,25)/t17-/m1/s1. The molecule has 0 fully saturated rings. The van der Waals surface area contributed by atoms with Gasteiger partial charge in [0, 0.05) is 0 Å². The lowest BCUT2D eigenvalue weighted by Crippen LogP contribution is -2.31. The number of amides is 1. The first-order valence-corrected chi connectivity index (χ1v) is 9.35. The Morgan fingerprint density at radius 3 is 2.19 bits per heavy atom. The molecule has 0 unspecified atom stereocenters. The summed E-state index contributed by atoms with van der Waals surface area (Å²) in [5, 5.41) is 3.30. The van der Waals surface area contributed by atoms with Gasteiger partial charge in [0.25, 0.3) is 5.91 Å². The van der Waals surface area contributed by atoms with Gasteiger partial charge in [0.15, 0.2) is 0 Å². The number of esters is 1. The van der Waals surface area contributed by atoms with Crippen molar-refractivity contribution >= 4 is 35.1 Å². The van der Waals surface area contributed by atoms with E-state index in [0.29, 0.717) is 12.4 Å². The smallest absolute Gasteiger partial charge is 0.308 e. The molecule has 144 valence electrons. The normalized spacial score (nSPS) is 11.6. The zero-order valence-electron chi connectivity index (χ0n) is 15.1. The first kappa shape index (κ1) is 21.1. The topological polar surface area (TPSA) is 64.6 Å². The molecule has 2 rings (SSSR count). The van der Waals surface area contributed by atoms with Crippen LogP contribution in [0.25, 0.3) is 0 Å². The van der Waals surface area contributed by atoms with Crippen molar-refractivity contribution in [2.45, 2.75) is 26.3 Å². The van der Waals surface area contributed by atoms with Crippen LogP contribution in [0.3, 0.4) is 0 Å². The van der Waals surface area contributed by atoms with Crippen molar-refractivity contribution in [3.8, 4) is 5.75 Å². The van der Waals surface area contributed by atoms with Gasteiger partial charge < -0.3 is 14.8 Å². The van der Waals surface area contributed by atoms with Crippen LogP contribution in [0.15, 0.2) is 42.5 Å². The second-order valence-electron chi connectivity index (χ2n) is 5.63. The molecular formula is C20H21Cl2NO4. The number of carbonyl (C=O) groups is 2. The van der Waals surface area contributed by atoms with Crippen molar-refractivity contribution < 1.29 is 19.1 Å². The van der Waals surface area contributed by atoms with Gasteiger partial charge in [0.1, 0.15) is 5.75 Å². The molecule has 0 aliphatic carbocycles. The lowest BCUT2D eigenvalue weighted by molar-refractivity contribution is -0.143. The summed E-state index contributed by atoms with van der Waals surface area (Å²) in [5.41, 5.74) is 0.906. The average molecular weight is 410 g/mol. The zero-order valence-corrected chi connectivity index (χ0v) is 16.6. The molecule has 0 bridgehead atoms. The number of nitrogens with one attached hydrogen (secondary N) is 1. The minimum absolute atomic E-state index is 0.0182. The minimum Gasteiger partial charge on any atom is -0.494 e. The third-order valence-corrected chi connectivity index (χ3v) is 4.39. The van der Waals surface area contributed by atoms with E-state index >= 15 is 0 Å². The van der Waals surface area contributed by atoms with Crippen LogP contribution in [0.5, 0.6) is 5.75 Å². The molecule has 0 radical (unpaired) electrons. The average Bonchev–Trinajstić information content (AvgIpc) is 2.62. The van der Waals surface area contributed by atoms with Crippen LogP contribution in [-0.2, 0) is 9.53 Å². The SMILES string of the molecule is CCOC(=O)C[C@@H](NC(=O)c1c(Cl)cccc1Cl)c1ccc(OCC)cc1. The third kappa shape index (κ3) is 5.88. The molecule has 7 heteroatoms. The Kier molecular flexibility index (Phi) is 7.95. The highest BCUT2D eigenvalue weighted by Gasteiger charge is 2.22. The summed E-state index contributed by atoms with van der Waals surface area (Å²) in [6.07, 6.45) is -0.0182. The maximum absolute atomic E-state index is 12.7. The van der Waals surface area contributed by atoms with Crippen LogP contribution >= 0.6 is 23.2 Å². The highest BCUT2D eigenvalue weighted by molar-refractivity contribution is 6.39. The Morgan fingerprint density at radius 1 is 1.00 bits per heavy atom. The van der Waals surface area contributed by atoms with E-state index < -0.39 is 17.9 Å². The highest BCUT2D eigenvalue weighted by atomic mass is 35.5. The second-order valence-corrected chi connectivity index (χ2v) is 6.45. The van der Waals surface area contributed by atoms with Gasteiger partial charge in [-0.05, 0) is 43.7 Å². The molecular weight excluding hydrogens is 389 g/mol. The van der Waals surface area contributed by atoms with Gasteiger partial charge in [-0.3, -0.25) is 9.59 Å². The van der Waals surface area contributed by atoms with Crippen LogP contribution in [0.2, 0.25) is 10.0 Å². The van der Waals surface area contributed by atoms with Gasteiger partial charge >= 0.3 is 5.97 Å². The lowest BCUT2D eigenvalue weighted by atomic mass is 10.0. The Bertz CT molecular complexity index is 773. The number of benzene rings is 2. The zero-order chi connectivity index (χ0) is 19.8. The number of hydrogen-bond donors (Lipinski definition) is 1. The lowest BCUT2D eigenvalue weighted by Gasteiger charge is -2.20. The van der Waals surface area contributed by atoms with Crippen molar-refractivity contribution in [2.24, 2.45) is 0 Å². The molecule has 2 aromatic carbocycles. The maximum Gasteiger partial charge on any atom is 0.308 e. The Balaban J connectivity index is 2.26. The summed E-state index contributed by atoms with van der Waals surface area (Å²) in [6, 6.07) is 11.4. The monoisotopic (exact) mass is 409 g/mol. The van der Waals surface area contributed by atoms with E-state index in [1.165, 1.54) is 0 Å². The first-order chi connectivity index (χ1) is 13.0. The van der Waals surface area contributed by atoms with E-state index in [4.69, 9.17) is 32.7 Å². The largest absolute Gasteiger partial charge is 0.494 e. The predicted molar refractivity (Wildman–Crippen MR) is 106 cm³/mol. The van der Waals surface area contributed by atoms with Gasteiger partial charge in [0.05, 0.1) is 41.3 Å². The second kappa shape index (κ2) is 10.2. The molecule has 1 N–H and O–H groups in total. The van der Waals surface area contributed by atoms with E-state index in [2.05, 4.69) is 5.32 Å². The third-order valence-electron chi connectivity index (χ3n) is 3.76. The summed E-state index contributed by atoms with van der Waals surface area (Å²) in [6.45, 7) is 4.43.